The number of hydrogen-bond acceptors (Lipinski definition) is 4. The van der Waals surface area contributed by atoms with Gasteiger partial charge in [0.15, 0.2) is 12.6 Å². The molecule has 0 aliphatic rings. The van der Waals surface area contributed by atoms with E-state index in [9.17, 15) is 5.11 Å². The molecular weight excluding hydrogens is 172 g/mol. The van der Waals surface area contributed by atoms with Gasteiger partial charge in [-0.25, -0.2) is 0 Å². The van der Waals surface area contributed by atoms with Crippen LogP contribution in [-0.2, 0) is 4.74 Å². The quantitative estimate of drug-likeness (QED) is 0.535. The number of aliphatic hydroxyl groups is 3. The Kier molecular flexibility index (Phi) is 5.48. The first-order valence-electron chi connectivity index (χ1n) is 4.58. The predicted octanol–water partition coefficient (Wildman–Crippen LogP) is 0.458. The van der Waals surface area contributed by atoms with Crippen LogP contribution in [0, 0.1) is 5.41 Å². The topological polar surface area (TPSA) is 69.9 Å². The van der Waals surface area contributed by atoms with E-state index < -0.39 is 18.0 Å². The lowest BCUT2D eigenvalue weighted by molar-refractivity contribution is -0.250. The fourth-order valence-electron chi connectivity index (χ4n) is 1.20. The summed E-state index contributed by atoms with van der Waals surface area (Å²) in [7, 11) is 0. The van der Waals surface area contributed by atoms with E-state index in [2.05, 4.69) is 0 Å². The molecule has 0 rings (SSSR count). The first-order valence-corrected chi connectivity index (χ1v) is 4.58. The molecule has 0 radical (unpaired) electrons. The van der Waals surface area contributed by atoms with Crippen molar-refractivity contribution in [3.8, 4) is 0 Å². The maximum atomic E-state index is 9.53. The summed E-state index contributed by atoms with van der Waals surface area (Å²) in [5.41, 5.74) is -0.689. The second-order valence-corrected chi connectivity index (χ2v) is 3.65. The van der Waals surface area contributed by atoms with Crippen molar-refractivity contribution in [2.45, 2.75) is 46.2 Å². The van der Waals surface area contributed by atoms with E-state index in [0.29, 0.717) is 6.42 Å². The van der Waals surface area contributed by atoms with Crippen LogP contribution in [0.5, 0.6) is 0 Å². The highest BCUT2D eigenvalue weighted by molar-refractivity contribution is 4.75. The molecule has 0 spiro atoms. The van der Waals surface area contributed by atoms with Crippen molar-refractivity contribution < 1.29 is 20.1 Å². The molecule has 80 valence electrons. The lowest BCUT2D eigenvalue weighted by Gasteiger charge is -2.32. The van der Waals surface area contributed by atoms with Gasteiger partial charge in [-0.05, 0) is 13.3 Å². The van der Waals surface area contributed by atoms with E-state index in [1.165, 1.54) is 6.92 Å². The Hall–Kier alpha value is -0.160. The Labute approximate surface area is 79.2 Å². The molecule has 0 amide bonds. The van der Waals surface area contributed by atoms with Crippen LogP contribution in [0.25, 0.3) is 0 Å². The number of hydrogen-bond donors (Lipinski definition) is 3. The minimum absolute atomic E-state index is 0.158. The van der Waals surface area contributed by atoms with E-state index in [1.807, 2.05) is 6.92 Å². The summed E-state index contributed by atoms with van der Waals surface area (Å²) in [5, 5.41) is 27.5. The van der Waals surface area contributed by atoms with Crippen LogP contribution in [0.2, 0.25) is 0 Å². The smallest absolute Gasteiger partial charge is 0.165 e. The summed E-state index contributed by atoms with van der Waals surface area (Å²) in [5.74, 6) is 0. The van der Waals surface area contributed by atoms with E-state index in [1.54, 1.807) is 6.92 Å². The summed E-state index contributed by atoms with van der Waals surface area (Å²) in [6.07, 6.45) is -0.649. The van der Waals surface area contributed by atoms with Crippen LogP contribution in [0.3, 0.4) is 0 Å². The second-order valence-electron chi connectivity index (χ2n) is 3.65. The molecule has 0 aromatic heterocycles. The van der Waals surface area contributed by atoms with Crippen LogP contribution >= 0.6 is 0 Å². The molecule has 4 heteroatoms. The molecule has 3 atom stereocenters. The molecule has 3 N–H and O–H groups in total. The van der Waals surface area contributed by atoms with Crippen molar-refractivity contribution in [3.05, 3.63) is 0 Å². The zero-order chi connectivity index (χ0) is 10.5. The summed E-state index contributed by atoms with van der Waals surface area (Å²) < 4.78 is 4.81. The Morgan fingerprint density at radius 3 is 2.23 bits per heavy atom. The van der Waals surface area contributed by atoms with Crippen molar-refractivity contribution >= 4 is 0 Å². The molecule has 0 aromatic carbocycles. The second kappa shape index (κ2) is 5.54. The summed E-state index contributed by atoms with van der Waals surface area (Å²) in [6.45, 7) is 4.95. The average molecular weight is 192 g/mol. The molecule has 0 saturated heterocycles. The van der Waals surface area contributed by atoms with E-state index in [4.69, 9.17) is 14.9 Å². The molecular formula is C9H20O4. The molecule has 0 saturated carbocycles. The van der Waals surface area contributed by atoms with Gasteiger partial charge in [0.2, 0.25) is 0 Å². The van der Waals surface area contributed by atoms with Gasteiger partial charge in [-0.2, -0.15) is 0 Å². The Morgan fingerprint density at radius 1 is 1.38 bits per heavy atom. The minimum atomic E-state index is -1.13. The van der Waals surface area contributed by atoms with Crippen molar-refractivity contribution in [1.82, 2.24) is 0 Å². The van der Waals surface area contributed by atoms with Crippen LogP contribution in [0.1, 0.15) is 33.6 Å². The third kappa shape index (κ3) is 4.04. The number of aliphatic hydroxyl groups excluding tert-OH is 3. The third-order valence-corrected chi connectivity index (χ3v) is 2.10. The number of ether oxygens (including phenoxy) is 1. The Morgan fingerprint density at radius 2 is 1.92 bits per heavy atom. The lowest BCUT2D eigenvalue weighted by Crippen LogP contribution is -2.39. The molecule has 0 heterocycles. The zero-order valence-corrected chi connectivity index (χ0v) is 8.53. The molecule has 0 aliphatic heterocycles. The highest BCUT2D eigenvalue weighted by Gasteiger charge is 2.33. The average Bonchev–Trinajstić information content (AvgIpc) is 2.03. The maximum Gasteiger partial charge on any atom is 0.165 e. The van der Waals surface area contributed by atoms with Gasteiger partial charge in [-0.1, -0.05) is 20.3 Å². The first kappa shape index (κ1) is 12.8. The van der Waals surface area contributed by atoms with Crippen LogP contribution in [0.4, 0.5) is 0 Å². The SMILES string of the molecule is CCCC(C)(CO)C(O)OC(C)O. The fourth-order valence-corrected chi connectivity index (χ4v) is 1.20. The Balaban J connectivity index is 4.19. The van der Waals surface area contributed by atoms with Crippen LogP contribution in [0.15, 0.2) is 0 Å². The fraction of sp³-hybridized carbons (Fsp3) is 1.00. The molecule has 3 unspecified atom stereocenters. The van der Waals surface area contributed by atoms with Crippen molar-refractivity contribution in [2.75, 3.05) is 6.61 Å². The van der Waals surface area contributed by atoms with Gasteiger partial charge in [-0.3, -0.25) is 0 Å². The highest BCUT2D eigenvalue weighted by Crippen LogP contribution is 2.28. The Bertz CT molecular complexity index is 138. The van der Waals surface area contributed by atoms with Crippen LogP contribution < -0.4 is 0 Å². The molecule has 13 heavy (non-hydrogen) atoms. The standard InChI is InChI=1S/C9H20O4/c1-4-5-9(3,6-10)8(12)13-7(2)11/h7-8,10-12H,4-6H2,1-3H3. The summed E-state index contributed by atoms with van der Waals surface area (Å²) in [4.78, 5) is 0. The van der Waals surface area contributed by atoms with E-state index in [-0.39, 0.29) is 6.61 Å². The van der Waals surface area contributed by atoms with Crippen molar-refractivity contribution in [1.29, 1.82) is 0 Å². The molecule has 0 aliphatic carbocycles. The van der Waals surface area contributed by atoms with E-state index >= 15 is 0 Å². The minimum Gasteiger partial charge on any atom is -0.396 e. The molecule has 0 bridgehead atoms. The van der Waals surface area contributed by atoms with Gasteiger partial charge < -0.3 is 20.1 Å². The zero-order valence-electron chi connectivity index (χ0n) is 8.53. The normalized spacial score (nSPS) is 20.8. The lowest BCUT2D eigenvalue weighted by atomic mass is 9.86. The molecule has 4 nitrogen and oxygen atoms in total. The van der Waals surface area contributed by atoms with Crippen molar-refractivity contribution in [2.24, 2.45) is 5.41 Å². The third-order valence-electron chi connectivity index (χ3n) is 2.10. The number of rotatable bonds is 6. The largest absolute Gasteiger partial charge is 0.396 e. The monoisotopic (exact) mass is 192 g/mol. The van der Waals surface area contributed by atoms with Gasteiger partial charge in [0.1, 0.15) is 0 Å². The van der Waals surface area contributed by atoms with Gasteiger partial charge in [0.25, 0.3) is 0 Å². The van der Waals surface area contributed by atoms with Gasteiger partial charge >= 0.3 is 0 Å². The summed E-state index contributed by atoms with van der Waals surface area (Å²) in [6, 6.07) is 0. The molecule has 0 aromatic rings. The highest BCUT2D eigenvalue weighted by atomic mass is 16.7. The van der Waals surface area contributed by atoms with E-state index in [0.717, 1.165) is 6.42 Å². The molecule has 0 fully saturated rings. The summed E-state index contributed by atoms with van der Waals surface area (Å²) >= 11 is 0. The predicted molar refractivity (Wildman–Crippen MR) is 48.9 cm³/mol. The van der Waals surface area contributed by atoms with Gasteiger partial charge in [0, 0.05) is 5.41 Å². The van der Waals surface area contributed by atoms with Crippen molar-refractivity contribution in [3.63, 3.8) is 0 Å². The first-order chi connectivity index (χ1) is 5.96. The van der Waals surface area contributed by atoms with Gasteiger partial charge in [0.05, 0.1) is 6.61 Å². The maximum absolute atomic E-state index is 9.53. The van der Waals surface area contributed by atoms with Crippen LogP contribution in [-0.4, -0.2) is 34.5 Å². The van der Waals surface area contributed by atoms with Gasteiger partial charge in [-0.15, -0.1) is 0 Å².